The highest BCUT2D eigenvalue weighted by atomic mass is 31.2. The van der Waals surface area contributed by atoms with Gasteiger partial charge in [0.25, 0.3) is 5.69 Å². The van der Waals surface area contributed by atoms with Crippen LogP contribution in [0.4, 0.5) is 5.69 Å². The van der Waals surface area contributed by atoms with Gasteiger partial charge in [-0.3, -0.25) is 10.1 Å². The van der Waals surface area contributed by atoms with Gasteiger partial charge in [0, 0.05) is 23.4 Å². The minimum Gasteiger partial charge on any atom is -0.321 e. The molecule has 24 heavy (non-hydrogen) atoms. The molecule has 0 bridgehead atoms. The van der Waals surface area contributed by atoms with Gasteiger partial charge < -0.3 is 9.05 Å². The Balaban J connectivity index is 2.28. The molecular formula is C16H24NO6P. The maximum atomic E-state index is 11.4. The van der Waals surface area contributed by atoms with Crippen molar-refractivity contribution >= 4 is 19.4 Å². The molecular weight excluding hydrogens is 333 g/mol. The van der Waals surface area contributed by atoms with Crippen molar-refractivity contribution in [2.45, 2.75) is 58.3 Å². The number of hydrogen-bond acceptors (Lipinski definition) is 6. The minimum absolute atomic E-state index is 0.0382. The van der Waals surface area contributed by atoms with Crippen LogP contribution in [-0.4, -0.2) is 29.3 Å². The maximum Gasteiger partial charge on any atom is 0.273 e. The van der Waals surface area contributed by atoms with Crippen LogP contribution in [-0.2, 0) is 25.2 Å². The van der Waals surface area contributed by atoms with Crippen LogP contribution in [0.1, 0.15) is 40.2 Å². The second-order valence-corrected chi connectivity index (χ2v) is 8.20. The first-order chi connectivity index (χ1) is 11.1. The lowest BCUT2D eigenvalue weighted by Crippen LogP contribution is -2.41. The van der Waals surface area contributed by atoms with Gasteiger partial charge in [0.2, 0.25) is 8.38 Å². The van der Waals surface area contributed by atoms with Crippen molar-refractivity contribution in [3.8, 4) is 0 Å². The summed E-state index contributed by atoms with van der Waals surface area (Å²) in [4.78, 5) is 20.7. The fourth-order valence-corrected chi connectivity index (χ4v) is 4.22. The summed E-state index contributed by atoms with van der Waals surface area (Å²) < 4.78 is 12.0. The van der Waals surface area contributed by atoms with E-state index in [2.05, 4.69) is 4.89 Å². The predicted octanol–water partition coefficient (Wildman–Crippen LogP) is 3.65. The van der Waals surface area contributed by atoms with E-state index < -0.39 is 19.6 Å². The van der Waals surface area contributed by atoms with E-state index in [0.29, 0.717) is 17.3 Å². The average Bonchev–Trinajstić information content (AvgIpc) is 2.67. The minimum atomic E-state index is -1.36. The van der Waals surface area contributed by atoms with Crippen LogP contribution in [0.15, 0.2) is 18.2 Å². The summed E-state index contributed by atoms with van der Waals surface area (Å²) in [7, 11) is 0.0547. The van der Waals surface area contributed by atoms with Crippen molar-refractivity contribution in [2.75, 3.05) is 7.11 Å². The normalized spacial score (nSPS) is 20.9. The van der Waals surface area contributed by atoms with E-state index in [0.717, 1.165) is 0 Å². The van der Waals surface area contributed by atoms with E-state index in [4.69, 9.17) is 13.9 Å². The Morgan fingerprint density at radius 3 is 2.33 bits per heavy atom. The molecule has 0 radical (unpaired) electrons. The molecule has 0 amide bonds. The van der Waals surface area contributed by atoms with E-state index in [1.807, 2.05) is 33.8 Å². The van der Waals surface area contributed by atoms with Crippen LogP contribution in [0, 0.1) is 10.1 Å². The lowest BCUT2D eigenvalue weighted by Gasteiger charge is -2.29. The molecule has 2 rings (SSSR count). The Morgan fingerprint density at radius 2 is 1.83 bits per heavy atom. The third-order valence-electron chi connectivity index (χ3n) is 4.32. The van der Waals surface area contributed by atoms with Crippen LogP contribution in [0.5, 0.6) is 0 Å². The number of nitrogens with zero attached hydrogens (tertiary/aromatic N) is 1. The van der Waals surface area contributed by atoms with E-state index in [9.17, 15) is 10.1 Å². The third kappa shape index (κ3) is 3.92. The van der Waals surface area contributed by atoms with E-state index in [1.165, 1.54) is 13.2 Å². The molecule has 1 unspecified atom stereocenters. The van der Waals surface area contributed by atoms with E-state index >= 15 is 0 Å². The van der Waals surface area contributed by atoms with Crippen LogP contribution in [0.2, 0.25) is 0 Å². The number of rotatable bonds is 6. The van der Waals surface area contributed by atoms with Crippen LogP contribution >= 0.6 is 8.38 Å². The Bertz CT molecular complexity index is 603. The van der Waals surface area contributed by atoms with Gasteiger partial charge in [0.1, 0.15) is 0 Å². The Kier molecular flexibility index (Phi) is 5.62. The van der Waals surface area contributed by atoms with Crippen LogP contribution in [0.3, 0.4) is 0 Å². The zero-order valence-corrected chi connectivity index (χ0v) is 15.8. The first kappa shape index (κ1) is 19.2. The first-order valence-corrected chi connectivity index (χ1v) is 8.90. The zero-order chi connectivity index (χ0) is 18.1. The average molecular weight is 357 g/mol. The van der Waals surface area contributed by atoms with Crippen molar-refractivity contribution in [1.82, 2.24) is 0 Å². The summed E-state index contributed by atoms with van der Waals surface area (Å²) in [6, 6.07) is 5.10. The second-order valence-electron chi connectivity index (χ2n) is 6.81. The molecule has 1 saturated heterocycles. The Labute approximate surface area is 143 Å². The molecule has 1 aromatic carbocycles. The molecule has 0 aliphatic carbocycles. The van der Waals surface area contributed by atoms with Gasteiger partial charge in [-0.1, -0.05) is 6.07 Å². The van der Waals surface area contributed by atoms with Gasteiger partial charge in [-0.05, 0) is 40.7 Å². The molecule has 7 nitrogen and oxygen atoms in total. The van der Waals surface area contributed by atoms with Crippen molar-refractivity contribution in [3.05, 3.63) is 33.9 Å². The van der Waals surface area contributed by atoms with Gasteiger partial charge in [0.15, 0.2) is 0 Å². The van der Waals surface area contributed by atoms with Crippen molar-refractivity contribution in [1.29, 1.82) is 0 Å². The second kappa shape index (κ2) is 7.02. The number of nitro groups is 1. The molecule has 1 aliphatic heterocycles. The Hall–Kier alpha value is -1.11. The molecule has 1 aromatic rings. The SMILES string of the molecule is COOC(C)Cc1ccc(P2OC(C)(C)C(C)(C)O2)cc1[N+](=O)[O-]. The molecule has 1 fully saturated rings. The predicted molar refractivity (Wildman–Crippen MR) is 91.2 cm³/mol. The van der Waals surface area contributed by atoms with Crippen LogP contribution < -0.4 is 5.30 Å². The lowest BCUT2D eigenvalue weighted by molar-refractivity contribution is -0.385. The van der Waals surface area contributed by atoms with Crippen molar-refractivity contribution in [2.24, 2.45) is 0 Å². The number of hydrogen-bond donors (Lipinski definition) is 0. The highest BCUT2D eigenvalue weighted by Gasteiger charge is 2.50. The standard InChI is InChI=1S/C16H24NO6P/c1-11(21-20-6)9-12-7-8-13(10-14(12)17(18)19)24-22-15(2,3)16(4,5)23-24/h7-8,10-11H,9H2,1-6H3. The molecule has 0 N–H and O–H groups in total. The first-order valence-electron chi connectivity index (χ1n) is 7.72. The van der Waals surface area contributed by atoms with Gasteiger partial charge in [-0.25, -0.2) is 9.78 Å². The zero-order valence-electron chi connectivity index (χ0n) is 14.9. The molecule has 1 aliphatic rings. The summed E-state index contributed by atoms with van der Waals surface area (Å²) in [5, 5.41) is 12.1. The molecule has 0 aromatic heterocycles. The van der Waals surface area contributed by atoms with E-state index in [-0.39, 0.29) is 16.7 Å². The van der Waals surface area contributed by atoms with E-state index in [1.54, 1.807) is 13.0 Å². The third-order valence-corrected chi connectivity index (χ3v) is 6.26. The smallest absolute Gasteiger partial charge is 0.273 e. The highest BCUT2D eigenvalue weighted by molar-refractivity contribution is 7.56. The fraction of sp³-hybridized carbons (Fsp3) is 0.625. The summed E-state index contributed by atoms with van der Waals surface area (Å²) >= 11 is 0. The fourth-order valence-electron chi connectivity index (χ4n) is 2.27. The number of benzene rings is 1. The molecule has 1 heterocycles. The van der Waals surface area contributed by atoms with Gasteiger partial charge in [-0.15, -0.1) is 0 Å². The molecule has 134 valence electrons. The van der Waals surface area contributed by atoms with Crippen molar-refractivity contribution in [3.63, 3.8) is 0 Å². The quantitative estimate of drug-likeness (QED) is 0.335. The summed E-state index contributed by atoms with van der Waals surface area (Å²) in [6.07, 6.45) is 0.0863. The summed E-state index contributed by atoms with van der Waals surface area (Å²) in [5.74, 6) is 0. The number of nitro benzene ring substituents is 1. The monoisotopic (exact) mass is 357 g/mol. The topological polar surface area (TPSA) is 80.1 Å². The molecule has 1 atom stereocenters. The molecule has 8 heteroatoms. The van der Waals surface area contributed by atoms with Crippen molar-refractivity contribution < 1.29 is 23.7 Å². The van der Waals surface area contributed by atoms with Crippen LogP contribution in [0.25, 0.3) is 0 Å². The van der Waals surface area contributed by atoms with Gasteiger partial charge in [-0.2, -0.15) is 0 Å². The van der Waals surface area contributed by atoms with Gasteiger partial charge >= 0.3 is 0 Å². The highest BCUT2D eigenvalue weighted by Crippen LogP contribution is 2.57. The van der Waals surface area contributed by atoms with Gasteiger partial charge in [0.05, 0.1) is 29.3 Å². The molecule has 0 saturated carbocycles. The summed E-state index contributed by atoms with van der Waals surface area (Å²) in [6.45, 7) is 9.63. The maximum absolute atomic E-state index is 11.4. The lowest BCUT2D eigenvalue weighted by atomic mass is 9.90. The molecule has 0 spiro atoms. The Morgan fingerprint density at radius 1 is 1.25 bits per heavy atom. The summed E-state index contributed by atoms with van der Waals surface area (Å²) in [5.41, 5.74) is -0.308. The largest absolute Gasteiger partial charge is 0.321 e.